The van der Waals surface area contributed by atoms with Crippen molar-refractivity contribution < 1.29 is 19.1 Å². The van der Waals surface area contributed by atoms with Gasteiger partial charge in [0.15, 0.2) is 11.7 Å². The van der Waals surface area contributed by atoms with Crippen molar-refractivity contribution in [2.75, 3.05) is 11.9 Å². The summed E-state index contributed by atoms with van der Waals surface area (Å²) in [6.45, 7) is 3.08. The molecule has 7 nitrogen and oxygen atoms in total. The molecule has 4 aliphatic carbocycles. The van der Waals surface area contributed by atoms with Gasteiger partial charge in [-0.25, -0.2) is 4.98 Å². The zero-order chi connectivity index (χ0) is 19.2. The smallest absolute Gasteiger partial charge is 0.312 e. The van der Waals surface area contributed by atoms with Crippen LogP contribution in [-0.4, -0.2) is 34.9 Å². The summed E-state index contributed by atoms with van der Waals surface area (Å²) >= 11 is 1.34. The van der Waals surface area contributed by atoms with E-state index < -0.39 is 5.41 Å². The molecule has 8 heteroatoms. The maximum absolute atomic E-state index is 13.0. The number of hydrogen-bond acceptors (Lipinski definition) is 6. The highest BCUT2D eigenvalue weighted by atomic mass is 32.1. The lowest BCUT2D eigenvalue weighted by molar-refractivity contribution is -0.176. The number of thiazole rings is 1. The van der Waals surface area contributed by atoms with Crippen LogP contribution in [0.4, 0.5) is 5.13 Å². The van der Waals surface area contributed by atoms with Crippen molar-refractivity contribution in [2.45, 2.75) is 57.9 Å². The van der Waals surface area contributed by atoms with Gasteiger partial charge in [-0.15, -0.1) is 11.3 Å². The third-order valence-electron chi connectivity index (χ3n) is 6.14. The van der Waals surface area contributed by atoms with E-state index in [2.05, 4.69) is 15.6 Å². The second-order valence-electron chi connectivity index (χ2n) is 8.62. The molecule has 1 aromatic heterocycles. The van der Waals surface area contributed by atoms with Crippen molar-refractivity contribution in [3.63, 3.8) is 0 Å². The van der Waals surface area contributed by atoms with Gasteiger partial charge in [-0.3, -0.25) is 19.7 Å². The average Bonchev–Trinajstić information content (AvgIpc) is 2.95. The van der Waals surface area contributed by atoms with Crippen LogP contribution in [0.1, 0.15) is 51.1 Å². The molecule has 27 heavy (non-hydrogen) atoms. The summed E-state index contributed by atoms with van der Waals surface area (Å²) < 4.78 is 5.43. The number of amides is 2. The van der Waals surface area contributed by atoms with Crippen molar-refractivity contribution in [3.8, 4) is 0 Å². The van der Waals surface area contributed by atoms with Gasteiger partial charge in [0.25, 0.3) is 5.91 Å². The minimum atomic E-state index is -0.565. The Morgan fingerprint density at radius 3 is 2.56 bits per heavy atom. The van der Waals surface area contributed by atoms with Crippen molar-refractivity contribution in [2.24, 2.45) is 17.3 Å². The molecule has 146 valence electrons. The minimum Gasteiger partial charge on any atom is -0.455 e. The lowest BCUT2D eigenvalue weighted by Crippen LogP contribution is -2.64. The number of aromatic nitrogens is 1. The fraction of sp³-hybridized carbons (Fsp3) is 0.684. The van der Waals surface area contributed by atoms with E-state index in [0.29, 0.717) is 23.4 Å². The zero-order valence-electron chi connectivity index (χ0n) is 15.7. The predicted octanol–water partition coefficient (Wildman–Crippen LogP) is 2.41. The van der Waals surface area contributed by atoms with Gasteiger partial charge in [-0.2, -0.15) is 0 Å². The van der Waals surface area contributed by atoms with Gasteiger partial charge >= 0.3 is 5.97 Å². The molecule has 4 aliphatic rings. The first-order valence-corrected chi connectivity index (χ1v) is 10.3. The lowest BCUT2D eigenvalue weighted by atomic mass is 9.47. The molecule has 0 radical (unpaired) electrons. The number of aryl methyl sites for hydroxylation is 1. The first-order valence-electron chi connectivity index (χ1n) is 9.46. The molecular formula is C19H25N3O4S. The Bertz CT molecular complexity index is 776. The summed E-state index contributed by atoms with van der Waals surface area (Å²) in [5.74, 6) is 0.171. The summed E-state index contributed by atoms with van der Waals surface area (Å²) in [5.41, 5.74) is -0.00987. The quantitative estimate of drug-likeness (QED) is 0.751. The van der Waals surface area contributed by atoms with Gasteiger partial charge < -0.3 is 10.1 Å². The molecule has 2 amide bonds. The minimum absolute atomic E-state index is 0.0430. The molecule has 2 N–H and O–H groups in total. The predicted molar refractivity (Wildman–Crippen MR) is 100 cm³/mol. The highest BCUT2D eigenvalue weighted by Gasteiger charge is 2.61. The standard InChI is InChI=1S/C19H25N3O4S/c1-11-9-27-17(20-11)21-15(24)8-26-16(25)18-4-13-3-14(5-18)7-19(6-13,10-18)22-12(2)23/h9,13-14H,3-8,10H2,1-2H3,(H,22,23)(H,20,21,24). The Balaban J connectivity index is 1.40. The van der Waals surface area contributed by atoms with Gasteiger partial charge in [0.05, 0.1) is 11.1 Å². The largest absolute Gasteiger partial charge is 0.455 e. The maximum atomic E-state index is 13.0. The Morgan fingerprint density at radius 2 is 1.96 bits per heavy atom. The fourth-order valence-corrected chi connectivity index (χ4v) is 6.58. The van der Waals surface area contributed by atoms with E-state index in [1.165, 1.54) is 18.3 Å². The number of nitrogens with zero attached hydrogens (tertiary/aromatic N) is 1. The summed E-state index contributed by atoms with van der Waals surface area (Å²) in [6, 6.07) is 0. The second kappa shape index (κ2) is 6.58. The van der Waals surface area contributed by atoms with Crippen LogP contribution in [-0.2, 0) is 19.1 Å². The number of carbonyl (C=O) groups is 3. The van der Waals surface area contributed by atoms with Gasteiger partial charge in [0.1, 0.15) is 0 Å². The molecule has 4 saturated carbocycles. The molecule has 5 rings (SSSR count). The normalized spacial score (nSPS) is 33.6. The van der Waals surface area contributed by atoms with Crippen LogP contribution in [0, 0.1) is 24.2 Å². The molecule has 4 bridgehead atoms. The SMILES string of the molecule is CC(=O)NC12CC3CC(C1)CC(C(=O)OCC(=O)Nc1nc(C)cs1)(C3)C2. The summed E-state index contributed by atoms with van der Waals surface area (Å²) in [6.07, 6.45) is 5.25. The molecule has 1 heterocycles. The molecule has 2 atom stereocenters. The van der Waals surface area contributed by atoms with E-state index >= 15 is 0 Å². The number of carbonyl (C=O) groups excluding carboxylic acids is 3. The number of nitrogens with one attached hydrogen (secondary N) is 2. The van der Waals surface area contributed by atoms with Gasteiger partial charge in [-0.05, 0) is 57.3 Å². The summed E-state index contributed by atoms with van der Waals surface area (Å²) in [7, 11) is 0. The van der Waals surface area contributed by atoms with Crippen LogP contribution in [0.3, 0.4) is 0 Å². The zero-order valence-corrected chi connectivity index (χ0v) is 16.5. The van der Waals surface area contributed by atoms with Crippen LogP contribution >= 0.6 is 11.3 Å². The van der Waals surface area contributed by atoms with E-state index in [4.69, 9.17) is 4.74 Å². The molecule has 0 aromatic carbocycles. The first kappa shape index (κ1) is 18.4. The van der Waals surface area contributed by atoms with E-state index in [1.54, 1.807) is 0 Å². The van der Waals surface area contributed by atoms with E-state index in [-0.39, 0.29) is 29.9 Å². The highest BCUT2D eigenvalue weighted by molar-refractivity contribution is 7.13. The summed E-state index contributed by atoms with van der Waals surface area (Å²) in [4.78, 5) is 40.9. The Kier molecular flexibility index (Phi) is 4.49. The second-order valence-corrected chi connectivity index (χ2v) is 9.48. The van der Waals surface area contributed by atoms with E-state index in [9.17, 15) is 14.4 Å². The molecule has 0 saturated heterocycles. The van der Waals surface area contributed by atoms with Crippen molar-refractivity contribution >= 4 is 34.3 Å². The molecule has 2 unspecified atom stereocenters. The van der Waals surface area contributed by atoms with Crippen LogP contribution in [0.25, 0.3) is 0 Å². The summed E-state index contributed by atoms with van der Waals surface area (Å²) in [5, 5.41) is 8.15. The molecule has 0 spiro atoms. The number of rotatable bonds is 5. The van der Waals surface area contributed by atoms with Crippen LogP contribution in [0.2, 0.25) is 0 Å². The Labute approximate surface area is 162 Å². The third kappa shape index (κ3) is 3.59. The van der Waals surface area contributed by atoms with Gasteiger partial charge in [0.2, 0.25) is 5.91 Å². The Hall–Kier alpha value is -1.96. The number of anilines is 1. The fourth-order valence-electron chi connectivity index (χ4n) is 5.87. The number of ether oxygens (including phenoxy) is 1. The van der Waals surface area contributed by atoms with Crippen molar-refractivity contribution in [1.82, 2.24) is 10.3 Å². The molecule has 4 fully saturated rings. The van der Waals surface area contributed by atoms with E-state index in [1.807, 2.05) is 12.3 Å². The van der Waals surface area contributed by atoms with Crippen LogP contribution in [0.15, 0.2) is 5.38 Å². The van der Waals surface area contributed by atoms with Crippen molar-refractivity contribution in [3.05, 3.63) is 11.1 Å². The number of esters is 1. The average molecular weight is 391 g/mol. The first-order chi connectivity index (χ1) is 12.8. The van der Waals surface area contributed by atoms with Crippen LogP contribution in [0.5, 0.6) is 0 Å². The third-order valence-corrected chi connectivity index (χ3v) is 7.01. The lowest BCUT2D eigenvalue weighted by Gasteiger charge is -2.60. The topological polar surface area (TPSA) is 97.4 Å². The van der Waals surface area contributed by atoms with Crippen LogP contribution < -0.4 is 10.6 Å². The molecular weight excluding hydrogens is 366 g/mol. The van der Waals surface area contributed by atoms with Gasteiger partial charge in [-0.1, -0.05) is 0 Å². The molecule has 1 aromatic rings. The number of hydrogen-bond donors (Lipinski definition) is 2. The monoisotopic (exact) mass is 391 g/mol. The van der Waals surface area contributed by atoms with E-state index in [0.717, 1.165) is 37.8 Å². The highest BCUT2D eigenvalue weighted by Crippen LogP contribution is 2.62. The maximum Gasteiger partial charge on any atom is 0.312 e. The van der Waals surface area contributed by atoms with Crippen molar-refractivity contribution in [1.29, 1.82) is 0 Å². The molecule has 0 aliphatic heterocycles. The van der Waals surface area contributed by atoms with Gasteiger partial charge in [0, 0.05) is 17.8 Å². The Morgan fingerprint density at radius 1 is 1.26 bits per heavy atom.